The van der Waals surface area contributed by atoms with Crippen molar-refractivity contribution in [2.75, 3.05) is 0 Å². The third kappa shape index (κ3) is 5.79. The Hall–Kier alpha value is -2.77. The molecule has 1 saturated carbocycles. The second kappa shape index (κ2) is 8.76. The molecule has 0 radical (unpaired) electrons. The maximum atomic E-state index is 11.8. The number of benzene rings is 1. The van der Waals surface area contributed by atoms with Gasteiger partial charge < -0.3 is 5.32 Å². The van der Waals surface area contributed by atoms with Gasteiger partial charge >= 0.3 is 0 Å². The minimum absolute atomic E-state index is 0.0582. The van der Waals surface area contributed by atoms with Crippen molar-refractivity contribution in [2.45, 2.75) is 44.6 Å². The maximum Gasteiger partial charge on any atom is 0.270 e. The molecule has 8 heteroatoms. The molecule has 1 aromatic carbocycles. The van der Waals surface area contributed by atoms with Gasteiger partial charge in [0.15, 0.2) is 0 Å². The molecule has 128 valence electrons. The summed E-state index contributed by atoms with van der Waals surface area (Å²) in [6.07, 6.45) is 6.32. The van der Waals surface area contributed by atoms with Gasteiger partial charge in [-0.2, -0.15) is 5.10 Å². The number of nitrogens with zero attached hydrogens (tertiary/aromatic N) is 2. The van der Waals surface area contributed by atoms with E-state index in [1.165, 1.54) is 30.8 Å². The Morgan fingerprint density at radius 3 is 2.71 bits per heavy atom. The summed E-state index contributed by atoms with van der Waals surface area (Å²) in [6, 6.07) is 6.02. The van der Waals surface area contributed by atoms with Crippen molar-refractivity contribution in [1.82, 2.24) is 10.7 Å². The molecule has 2 N–H and O–H groups in total. The van der Waals surface area contributed by atoms with Gasteiger partial charge in [-0.1, -0.05) is 31.4 Å². The summed E-state index contributed by atoms with van der Waals surface area (Å²) >= 11 is 0. The van der Waals surface area contributed by atoms with Crippen LogP contribution >= 0.6 is 0 Å². The zero-order chi connectivity index (χ0) is 17.4. The zero-order valence-electron chi connectivity index (χ0n) is 13.2. The summed E-state index contributed by atoms with van der Waals surface area (Å²) in [5, 5.41) is 17.2. The summed E-state index contributed by atoms with van der Waals surface area (Å²) in [5.74, 6) is -0.838. The number of carbonyl (C=O) groups is 2. The number of carbonyl (C=O) groups excluding carboxylic acids is 2. The number of hydrazone groups is 1. The topological polar surface area (TPSA) is 114 Å². The van der Waals surface area contributed by atoms with Crippen LogP contribution in [0, 0.1) is 10.1 Å². The average Bonchev–Trinajstić information content (AvgIpc) is 2.56. The molecule has 1 aromatic rings. The first-order valence-electron chi connectivity index (χ1n) is 7.90. The van der Waals surface area contributed by atoms with Crippen molar-refractivity contribution in [3.05, 3.63) is 39.9 Å². The van der Waals surface area contributed by atoms with Crippen molar-refractivity contribution in [2.24, 2.45) is 5.10 Å². The number of nitro groups is 1. The fourth-order valence-corrected chi connectivity index (χ4v) is 2.61. The van der Waals surface area contributed by atoms with Gasteiger partial charge in [0.1, 0.15) is 6.42 Å². The molecule has 8 nitrogen and oxygen atoms in total. The van der Waals surface area contributed by atoms with E-state index in [9.17, 15) is 19.7 Å². The summed E-state index contributed by atoms with van der Waals surface area (Å²) in [5.41, 5.74) is 2.67. The number of hydrogen-bond acceptors (Lipinski definition) is 5. The number of nitro benzene ring substituents is 1. The molecule has 0 aromatic heterocycles. The first-order valence-corrected chi connectivity index (χ1v) is 7.90. The van der Waals surface area contributed by atoms with Gasteiger partial charge in [0.2, 0.25) is 11.8 Å². The van der Waals surface area contributed by atoms with Crippen molar-refractivity contribution >= 4 is 23.7 Å². The largest absolute Gasteiger partial charge is 0.353 e. The molecule has 2 amide bonds. The van der Waals surface area contributed by atoms with Crippen LogP contribution in [0.5, 0.6) is 0 Å². The third-order valence-corrected chi connectivity index (χ3v) is 3.78. The molecular weight excluding hydrogens is 312 g/mol. The maximum absolute atomic E-state index is 11.8. The van der Waals surface area contributed by atoms with Crippen molar-refractivity contribution in [3.8, 4) is 0 Å². The van der Waals surface area contributed by atoms with Crippen LogP contribution < -0.4 is 10.7 Å². The van der Waals surface area contributed by atoms with Crippen LogP contribution in [0.2, 0.25) is 0 Å². The average molecular weight is 332 g/mol. The monoisotopic (exact) mass is 332 g/mol. The Morgan fingerprint density at radius 1 is 1.25 bits per heavy atom. The van der Waals surface area contributed by atoms with Crippen LogP contribution in [0.15, 0.2) is 29.4 Å². The first-order chi connectivity index (χ1) is 11.5. The molecular formula is C16H20N4O4. The lowest BCUT2D eigenvalue weighted by atomic mass is 9.95. The zero-order valence-corrected chi connectivity index (χ0v) is 13.2. The van der Waals surface area contributed by atoms with Crippen LogP contribution in [0.25, 0.3) is 0 Å². The Bertz CT molecular complexity index is 639. The van der Waals surface area contributed by atoms with Gasteiger partial charge in [0.05, 0.1) is 11.1 Å². The van der Waals surface area contributed by atoms with Crippen LogP contribution in [0.4, 0.5) is 5.69 Å². The van der Waals surface area contributed by atoms with E-state index < -0.39 is 10.8 Å². The highest BCUT2D eigenvalue weighted by atomic mass is 16.6. The Labute approximate surface area is 139 Å². The summed E-state index contributed by atoms with van der Waals surface area (Å²) in [4.78, 5) is 33.6. The highest BCUT2D eigenvalue weighted by molar-refractivity contribution is 5.97. The van der Waals surface area contributed by atoms with E-state index in [0.717, 1.165) is 25.7 Å². The second-order valence-electron chi connectivity index (χ2n) is 5.72. The first kappa shape index (κ1) is 17.6. The van der Waals surface area contributed by atoms with Crippen LogP contribution in [-0.2, 0) is 9.59 Å². The smallest absolute Gasteiger partial charge is 0.270 e. The fourth-order valence-electron chi connectivity index (χ4n) is 2.61. The summed E-state index contributed by atoms with van der Waals surface area (Å²) in [7, 11) is 0. The van der Waals surface area contributed by atoms with Crippen molar-refractivity contribution < 1.29 is 14.5 Å². The molecule has 1 fully saturated rings. The van der Waals surface area contributed by atoms with E-state index in [0.29, 0.717) is 5.56 Å². The lowest BCUT2D eigenvalue weighted by Crippen LogP contribution is -2.38. The predicted molar refractivity (Wildman–Crippen MR) is 88.5 cm³/mol. The fraction of sp³-hybridized carbons (Fsp3) is 0.438. The Morgan fingerprint density at radius 2 is 2.00 bits per heavy atom. The second-order valence-corrected chi connectivity index (χ2v) is 5.72. The molecule has 0 aliphatic heterocycles. The summed E-state index contributed by atoms with van der Waals surface area (Å²) in [6.45, 7) is 0. The Balaban J connectivity index is 1.76. The molecule has 2 rings (SSSR count). The van der Waals surface area contributed by atoms with Crippen molar-refractivity contribution in [1.29, 1.82) is 0 Å². The lowest BCUT2D eigenvalue weighted by Gasteiger charge is -2.22. The number of amides is 2. The third-order valence-electron chi connectivity index (χ3n) is 3.78. The van der Waals surface area contributed by atoms with Gasteiger partial charge in [-0.15, -0.1) is 0 Å². The standard InChI is InChI=1S/C16H20N4O4/c21-15(18-13-6-2-1-3-7-13)10-16(22)19-17-11-12-5-4-8-14(9-12)20(23)24/h4-5,8-9,11,13H,1-3,6-7,10H2,(H,18,21)(H,19,22)/b17-11-. The highest BCUT2D eigenvalue weighted by Gasteiger charge is 2.17. The van der Waals surface area contributed by atoms with E-state index in [4.69, 9.17) is 0 Å². The summed E-state index contributed by atoms with van der Waals surface area (Å²) < 4.78 is 0. The Kier molecular flexibility index (Phi) is 6.41. The van der Waals surface area contributed by atoms with E-state index in [1.807, 2.05) is 0 Å². The number of rotatable bonds is 6. The normalized spacial score (nSPS) is 15.2. The highest BCUT2D eigenvalue weighted by Crippen LogP contribution is 2.17. The van der Waals surface area contributed by atoms with Crippen LogP contribution in [-0.4, -0.2) is 29.0 Å². The molecule has 1 aliphatic rings. The molecule has 0 spiro atoms. The van der Waals surface area contributed by atoms with Gasteiger partial charge in [-0.05, 0) is 12.8 Å². The molecule has 0 saturated heterocycles. The molecule has 0 heterocycles. The van der Waals surface area contributed by atoms with E-state index in [-0.39, 0.29) is 24.1 Å². The van der Waals surface area contributed by atoms with Gasteiger partial charge in [-0.3, -0.25) is 19.7 Å². The van der Waals surface area contributed by atoms with Gasteiger partial charge in [0.25, 0.3) is 5.69 Å². The lowest BCUT2D eigenvalue weighted by molar-refractivity contribution is -0.384. The SMILES string of the molecule is O=C(CC(=O)NC1CCCCC1)N/N=C\c1cccc([N+](=O)[O-])c1. The minimum Gasteiger partial charge on any atom is -0.353 e. The molecule has 0 atom stereocenters. The quantitative estimate of drug-likeness (QED) is 0.358. The number of nitrogens with one attached hydrogen (secondary N) is 2. The van der Waals surface area contributed by atoms with Crippen LogP contribution in [0.3, 0.4) is 0 Å². The predicted octanol–water partition coefficient (Wildman–Crippen LogP) is 1.88. The molecule has 24 heavy (non-hydrogen) atoms. The van der Waals surface area contributed by atoms with Gasteiger partial charge in [-0.25, -0.2) is 5.43 Å². The molecule has 0 unspecified atom stereocenters. The van der Waals surface area contributed by atoms with E-state index in [1.54, 1.807) is 6.07 Å². The number of non-ortho nitro benzene ring substituents is 1. The number of hydrogen-bond donors (Lipinski definition) is 2. The van der Waals surface area contributed by atoms with Crippen LogP contribution in [0.1, 0.15) is 44.1 Å². The minimum atomic E-state index is -0.523. The van der Waals surface area contributed by atoms with Gasteiger partial charge in [0, 0.05) is 23.7 Å². The van der Waals surface area contributed by atoms with E-state index in [2.05, 4.69) is 15.8 Å². The molecule has 1 aliphatic carbocycles. The van der Waals surface area contributed by atoms with Crippen molar-refractivity contribution in [3.63, 3.8) is 0 Å². The van der Waals surface area contributed by atoms with E-state index >= 15 is 0 Å². The molecule has 0 bridgehead atoms.